The number of rotatable bonds is 5. The number of hydrogen-bond donors (Lipinski definition) is 1. The lowest BCUT2D eigenvalue weighted by Gasteiger charge is -2.26. The Labute approximate surface area is 142 Å². The molecule has 1 aromatic heterocycles. The molecule has 1 N–H and O–H groups in total. The van der Waals surface area contributed by atoms with E-state index in [0.717, 1.165) is 32.2 Å². The molecule has 132 valence electrons. The van der Waals surface area contributed by atoms with Crippen LogP contribution in [-0.2, 0) is 9.59 Å². The summed E-state index contributed by atoms with van der Waals surface area (Å²) in [5, 5.41) is 11.6. The monoisotopic (exact) mass is 334 g/mol. The first-order valence-electron chi connectivity index (χ1n) is 8.86. The van der Waals surface area contributed by atoms with Gasteiger partial charge in [0.1, 0.15) is 6.04 Å². The zero-order valence-electron chi connectivity index (χ0n) is 14.7. The third-order valence-corrected chi connectivity index (χ3v) is 5.31. The molecule has 2 fully saturated rings. The molecule has 1 amide bonds. The van der Waals surface area contributed by atoms with Gasteiger partial charge in [0, 0.05) is 12.0 Å². The predicted molar refractivity (Wildman–Crippen MR) is 87.0 cm³/mol. The first kappa shape index (κ1) is 17.1. The van der Waals surface area contributed by atoms with Crippen LogP contribution in [0.1, 0.15) is 76.7 Å². The Bertz CT molecular complexity index is 619. The van der Waals surface area contributed by atoms with E-state index in [1.165, 1.54) is 0 Å². The van der Waals surface area contributed by atoms with Crippen LogP contribution in [0.4, 0.5) is 0 Å². The van der Waals surface area contributed by atoms with Gasteiger partial charge in [0.15, 0.2) is 0 Å². The third kappa shape index (κ3) is 3.09. The fraction of sp³-hybridized carbons (Fsp3) is 0.765. The second-order valence-corrected chi connectivity index (χ2v) is 7.35. The van der Waals surface area contributed by atoms with E-state index < -0.39 is 11.3 Å². The summed E-state index contributed by atoms with van der Waals surface area (Å²) in [5.41, 5.74) is -0.641. The van der Waals surface area contributed by atoms with Crippen molar-refractivity contribution in [1.82, 2.24) is 20.4 Å². The molecule has 3 rings (SSSR count). The molecule has 1 aromatic rings. The van der Waals surface area contributed by atoms with Crippen LogP contribution in [0.25, 0.3) is 0 Å². The molecule has 2 atom stereocenters. The summed E-state index contributed by atoms with van der Waals surface area (Å²) in [7, 11) is 0. The Balaban J connectivity index is 1.76. The van der Waals surface area contributed by atoms with Crippen molar-refractivity contribution in [3.63, 3.8) is 0 Å². The normalized spacial score (nSPS) is 24.5. The molecule has 0 saturated carbocycles. The summed E-state index contributed by atoms with van der Waals surface area (Å²) < 4.78 is 5.83. The molecule has 7 heteroatoms. The molecule has 2 saturated heterocycles. The fourth-order valence-corrected chi connectivity index (χ4v) is 3.26. The van der Waals surface area contributed by atoms with E-state index in [-0.39, 0.29) is 17.9 Å². The molecule has 7 nitrogen and oxygen atoms in total. The maximum absolute atomic E-state index is 12.7. The predicted octanol–water partition coefficient (Wildman–Crippen LogP) is 2.16. The maximum Gasteiger partial charge on any atom is 0.291 e. The minimum absolute atomic E-state index is 0.109. The topological polar surface area (TPSA) is 88.3 Å². The summed E-state index contributed by atoms with van der Waals surface area (Å²) in [4.78, 5) is 26.8. The number of Topliss-reactive ketones (excluding diaryl/α,β-unsaturated/α-hetero) is 1. The maximum atomic E-state index is 12.7. The fourth-order valence-electron chi connectivity index (χ4n) is 3.26. The van der Waals surface area contributed by atoms with Crippen LogP contribution in [-0.4, -0.2) is 39.9 Å². The van der Waals surface area contributed by atoms with Gasteiger partial charge in [-0.1, -0.05) is 20.8 Å². The highest BCUT2D eigenvalue weighted by atomic mass is 16.4. The number of carbonyl (C=O) groups excluding carboxylic acids is 2. The number of likely N-dealkylation sites (tertiary alicyclic amines) is 1. The molecule has 2 unspecified atom stereocenters. The van der Waals surface area contributed by atoms with Crippen molar-refractivity contribution in [2.75, 3.05) is 13.1 Å². The van der Waals surface area contributed by atoms with Gasteiger partial charge in [0.25, 0.3) is 5.91 Å². The SMILES string of the molecule is CCC(C)(C)C(=O)C(=O)N1CCCC1c1nnc(C2CCCN2)o1. The van der Waals surface area contributed by atoms with Gasteiger partial charge < -0.3 is 14.6 Å². The highest BCUT2D eigenvalue weighted by molar-refractivity contribution is 6.38. The molecule has 0 spiro atoms. The van der Waals surface area contributed by atoms with Gasteiger partial charge in [-0.15, -0.1) is 10.2 Å². The molecule has 2 aliphatic rings. The van der Waals surface area contributed by atoms with Gasteiger partial charge in [-0.3, -0.25) is 9.59 Å². The van der Waals surface area contributed by atoms with E-state index in [2.05, 4.69) is 15.5 Å². The highest BCUT2D eigenvalue weighted by Gasteiger charge is 2.41. The van der Waals surface area contributed by atoms with E-state index >= 15 is 0 Å². The van der Waals surface area contributed by atoms with Crippen LogP contribution in [0.15, 0.2) is 4.42 Å². The first-order valence-corrected chi connectivity index (χ1v) is 8.86. The summed E-state index contributed by atoms with van der Waals surface area (Å²) in [5.74, 6) is 0.269. The van der Waals surface area contributed by atoms with Crippen LogP contribution < -0.4 is 5.32 Å². The Morgan fingerprint density at radius 3 is 2.67 bits per heavy atom. The van der Waals surface area contributed by atoms with Crippen molar-refractivity contribution in [2.24, 2.45) is 5.41 Å². The van der Waals surface area contributed by atoms with E-state index in [1.807, 2.05) is 20.8 Å². The summed E-state index contributed by atoms with van der Waals surface area (Å²) >= 11 is 0. The summed E-state index contributed by atoms with van der Waals surface area (Å²) in [6.07, 6.45) is 4.31. The van der Waals surface area contributed by atoms with Crippen molar-refractivity contribution in [1.29, 1.82) is 0 Å². The van der Waals surface area contributed by atoms with Crippen LogP contribution >= 0.6 is 0 Å². The lowest BCUT2D eigenvalue weighted by Crippen LogP contribution is -2.42. The Kier molecular flexibility index (Phi) is 4.71. The molecule has 24 heavy (non-hydrogen) atoms. The second-order valence-electron chi connectivity index (χ2n) is 7.35. The highest BCUT2D eigenvalue weighted by Crippen LogP contribution is 2.34. The van der Waals surface area contributed by atoms with Crippen molar-refractivity contribution in [2.45, 2.75) is 65.0 Å². The molecule has 0 aliphatic carbocycles. The van der Waals surface area contributed by atoms with Crippen molar-refractivity contribution < 1.29 is 14.0 Å². The quantitative estimate of drug-likeness (QED) is 0.830. The number of hydrogen-bond acceptors (Lipinski definition) is 6. The van der Waals surface area contributed by atoms with Crippen LogP contribution in [0.2, 0.25) is 0 Å². The van der Waals surface area contributed by atoms with Gasteiger partial charge in [-0.05, 0) is 38.6 Å². The zero-order chi connectivity index (χ0) is 17.3. The Morgan fingerprint density at radius 1 is 1.25 bits per heavy atom. The van der Waals surface area contributed by atoms with Crippen LogP contribution in [0.3, 0.4) is 0 Å². The summed E-state index contributed by atoms with van der Waals surface area (Å²) in [6, 6.07) is -0.172. The van der Waals surface area contributed by atoms with E-state index in [9.17, 15) is 9.59 Å². The van der Waals surface area contributed by atoms with Gasteiger partial charge in [-0.2, -0.15) is 0 Å². The second kappa shape index (κ2) is 6.63. The summed E-state index contributed by atoms with van der Waals surface area (Å²) in [6.45, 7) is 7.07. The van der Waals surface area contributed by atoms with Crippen LogP contribution in [0.5, 0.6) is 0 Å². The molecule has 0 bridgehead atoms. The number of ketones is 1. The molecule has 0 radical (unpaired) electrons. The Morgan fingerprint density at radius 2 is 2.00 bits per heavy atom. The van der Waals surface area contributed by atoms with Crippen molar-refractivity contribution in [3.8, 4) is 0 Å². The smallest absolute Gasteiger partial charge is 0.291 e. The van der Waals surface area contributed by atoms with E-state index in [4.69, 9.17) is 4.42 Å². The Hall–Kier alpha value is -1.76. The number of nitrogens with one attached hydrogen (secondary N) is 1. The molecule has 3 heterocycles. The molecule has 0 aromatic carbocycles. The average molecular weight is 334 g/mol. The number of amides is 1. The van der Waals surface area contributed by atoms with E-state index in [1.54, 1.807) is 4.90 Å². The zero-order valence-corrected chi connectivity index (χ0v) is 14.7. The van der Waals surface area contributed by atoms with Crippen molar-refractivity contribution >= 4 is 11.7 Å². The van der Waals surface area contributed by atoms with Gasteiger partial charge in [0.05, 0.1) is 6.04 Å². The lowest BCUT2D eigenvalue weighted by molar-refractivity contribution is -0.150. The molecular weight excluding hydrogens is 308 g/mol. The minimum Gasteiger partial charge on any atom is -0.421 e. The van der Waals surface area contributed by atoms with Gasteiger partial charge in [0.2, 0.25) is 17.6 Å². The van der Waals surface area contributed by atoms with E-state index in [0.29, 0.717) is 24.7 Å². The van der Waals surface area contributed by atoms with Crippen molar-refractivity contribution in [3.05, 3.63) is 11.8 Å². The average Bonchev–Trinajstić information content (AvgIpc) is 3.32. The third-order valence-electron chi connectivity index (χ3n) is 5.31. The number of carbonyl (C=O) groups is 2. The standard InChI is InChI=1S/C17H26N4O3/c1-4-17(2,3)13(22)16(23)21-10-6-8-12(21)15-20-19-14(24-15)11-7-5-9-18-11/h11-12,18H,4-10H2,1-3H3. The first-order chi connectivity index (χ1) is 11.4. The lowest BCUT2D eigenvalue weighted by atomic mass is 9.84. The minimum atomic E-state index is -0.641. The molecular formula is C17H26N4O3. The van der Waals surface area contributed by atoms with Crippen LogP contribution in [0, 0.1) is 5.41 Å². The molecule has 2 aliphatic heterocycles. The largest absolute Gasteiger partial charge is 0.421 e. The number of nitrogens with zero attached hydrogens (tertiary/aromatic N) is 3. The van der Waals surface area contributed by atoms with Gasteiger partial charge >= 0.3 is 0 Å². The number of aromatic nitrogens is 2. The van der Waals surface area contributed by atoms with Gasteiger partial charge in [-0.25, -0.2) is 0 Å².